The van der Waals surface area contributed by atoms with E-state index in [4.69, 9.17) is 0 Å². The molecular weight excluding hydrogens is 434 g/mol. The molecular formula is C21H25N5O3S2. The number of thioether (sulfide) groups is 1. The number of carbonyl (C=O) groups is 1. The van der Waals surface area contributed by atoms with Gasteiger partial charge in [-0.3, -0.25) is 9.36 Å². The third-order valence-electron chi connectivity index (χ3n) is 4.69. The van der Waals surface area contributed by atoms with Crippen LogP contribution in [0.5, 0.6) is 0 Å². The van der Waals surface area contributed by atoms with Gasteiger partial charge in [-0.05, 0) is 24.3 Å². The molecule has 0 bridgehead atoms. The Morgan fingerprint density at radius 2 is 1.77 bits per heavy atom. The normalized spacial score (nSPS) is 11.6. The number of amides is 1. The molecule has 0 spiro atoms. The highest BCUT2D eigenvalue weighted by Gasteiger charge is 2.23. The lowest BCUT2D eigenvalue weighted by atomic mass is 10.2. The minimum atomic E-state index is -3.61. The smallest absolute Gasteiger partial charge is 0.243 e. The molecule has 1 N–H and O–H groups in total. The van der Waals surface area contributed by atoms with Gasteiger partial charge in [-0.2, -0.15) is 4.31 Å². The van der Waals surface area contributed by atoms with Crippen LogP contribution in [-0.2, 0) is 14.8 Å². The van der Waals surface area contributed by atoms with E-state index in [0.29, 0.717) is 29.6 Å². The highest BCUT2D eigenvalue weighted by Crippen LogP contribution is 2.29. The van der Waals surface area contributed by atoms with Crippen LogP contribution in [0.15, 0.2) is 64.6 Å². The number of rotatable bonds is 9. The minimum absolute atomic E-state index is 0.124. The van der Waals surface area contributed by atoms with Crippen molar-refractivity contribution in [3.63, 3.8) is 0 Å². The maximum atomic E-state index is 13.0. The molecule has 0 aliphatic rings. The van der Waals surface area contributed by atoms with E-state index in [1.54, 1.807) is 31.3 Å². The Morgan fingerprint density at radius 1 is 1.06 bits per heavy atom. The zero-order valence-corrected chi connectivity index (χ0v) is 19.3. The number of nitrogens with zero attached hydrogens (tertiary/aromatic N) is 4. The molecule has 0 radical (unpaired) electrons. The van der Waals surface area contributed by atoms with Crippen molar-refractivity contribution in [3.05, 3.63) is 54.6 Å². The fraction of sp³-hybridized carbons (Fsp3) is 0.286. The topological polar surface area (TPSA) is 97.2 Å². The molecule has 3 aromatic rings. The van der Waals surface area contributed by atoms with Crippen LogP contribution in [0.25, 0.3) is 17.1 Å². The molecule has 0 unspecified atom stereocenters. The van der Waals surface area contributed by atoms with E-state index in [-0.39, 0.29) is 16.6 Å². The summed E-state index contributed by atoms with van der Waals surface area (Å²) < 4.78 is 29.2. The zero-order valence-electron chi connectivity index (χ0n) is 17.6. The lowest BCUT2D eigenvalue weighted by Gasteiger charge is -2.18. The third-order valence-corrected chi connectivity index (χ3v) is 7.67. The van der Waals surface area contributed by atoms with Gasteiger partial charge in [0.05, 0.1) is 10.6 Å². The minimum Gasteiger partial charge on any atom is -0.358 e. The highest BCUT2D eigenvalue weighted by atomic mass is 32.2. The summed E-state index contributed by atoms with van der Waals surface area (Å²) >= 11 is 1.26. The van der Waals surface area contributed by atoms with E-state index in [1.165, 1.54) is 16.1 Å². The fourth-order valence-electron chi connectivity index (χ4n) is 3.07. The third kappa shape index (κ3) is 4.97. The van der Waals surface area contributed by atoms with Gasteiger partial charge in [-0.15, -0.1) is 10.2 Å². The van der Waals surface area contributed by atoms with Crippen molar-refractivity contribution in [2.75, 3.05) is 25.9 Å². The van der Waals surface area contributed by atoms with Crippen LogP contribution in [-0.4, -0.2) is 59.3 Å². The number of benzene rings is 2. The van der Waals surface area contributed by atoms with Crippen LogP contribution in [0, 0.1) is 0 Å². The molecule has 0 fully saturated rings. The summed E-state index contributed by atoms with van der Waals surface area (Å²) in [5.74, 6) is 0.571. The summed E-state index contributed by atoms with van der Waals surface area (Å²) in [4.78, 5) is 11.9. The van der Waals surface area contributed by atoms with Crippen molar-refractivity contribution in [1.29, 1.82) is 0 Å². The molecule has 31 heavy (non-hydrogen) atoms. The average molecular weight is 460 g/mol. The molecule has 0 aliphatic carbocycles. The number of hydrogen-bond donors (Lipinski definition) is 1. The summed E-state index contributed by atoms with van der Waals surface area (Å²) in [6.45, 7) is 4.41. The monoisotopic (exact) mass is 459 g/mol. The summed E-state index contributed by atoms with van der Waals surface area (Å²) in [5, 5.41) is 11.7. The van der Waals surface area contributed by atoms with Crippen LogP contribution in [0.3, 0.4) is 0 Å². The van der Waals surface area contributed by atoms with Crippen LogP contribution in [0.1, 0.15) is 13.8 Å². The van der Waals surface area contributed by atoms with Crippen molar-refractivity contribution in [2.45, 2.75) is 23.9 Å². The molecule has 1 heterocycles. The van der Waals surface area contributed by atoms with Crippen LogP contribution < -0.4 is 5.32 Å². The summed E-state index contributed by atoms with van der Waals surface area (Å²) in [6, 6.07) is 16.2. The number of hydrogen-bond acceptors (Lipinski definition) is 6. The van der Waals surface area contributed by atoms with Gasteiger partial charge in [0.1, 0.15) is 0 Å². The van der Waals surface area contributed by atoms with E-state index < -0.39 is 10.0 Å². The van der Waals surface area contributed by atoms with Gasteiger partial charge in [0.15, 0.2) is 11.0 Å². The van der Waals surface area contributed by atoms with E-state index >= 15 is 0 Å². The number of aromatic nitrogens is 3. The predicted molar refractivity (Wildman–Crippen MR) is 122 cm³/mol. The molecule has 164 valence electrons. The van der Waals surface area contributed by atoms with Gasteiger partial charge < -0.3 is 5.32 Å². The Labute approximate surface area is 186 Å². The number of para-hydroxylation sites is 1. The largest absolute Gasteiger partial charge is 0.358 e. The molecule has 0 atom stereocenters. The first kappa shape index (κ1) is 23.0. The van der Waals surface area contributed by atoms with Gasteiger partial charge in [-0.25, -0.2) is 8.42 Å². The fourth-order valence-corrected chi connectivity index (χ4v) is 5.40. The van der Waals surface area contributed by atoms with Crippen molar-refractivity contribution < 1.29 is 13.2 Å². The van der Waals surface area contributed by atoms with E-state index in [2.05, 4.69) is 15.5 Å². The maximum absolute atomic E-state index is 13.0. The first-order chi connectivity index (χ1) is 14.9. The second-order valence-electron chi connectivity index (χ2n) is 6.56. The first-order valence-corrected chi connectivity index (χ1v) is 12.3. The molecule has 10 heteroatoms. The Balaban J connectivity index is 2.09. The Morgan fingerprint density at radius 3 is 2.42 bits per heavy atom. The molecule has 0 aliphatic heterocycles. The Hall–Kier alpha value is -2.69. The lowest BCUT2D eigenvalue weighted by Crippen LogP contribution is -2.30. The van der Waals surface area contributed by atoms with Gasteiger partial charge in [0, 0.05) is 31.4 Å². The molecule has 1 amide bonds. The van der Waals surface area contributed by atoms with Crippen molar-refractivity contribution in [1.82, 2.24) is 24.4 Å². The van der Waals surface area contributed by atoms with Crippen LogP contribution in [0.4, 0.5) is 0 Å². The highest BCUT2D eigenvalue weighted by molar-refractivity contribution is 7.99. The van der Waals surface area contributed by atoms with E-state index in [9.17, 15) is 13.2 Å². The Bertz CT molecular complexity index is 1140. The number of carbonyl (C=O) groups excluding carboxylic acids is 1. The zero-order chi connectivity index (χ0) is 22.4. The number of sulfonamides is 1. The van der Waals surface area contributed by atoms with Gasteiger partial charge >= 0.3 is 0 Å². The Kier molecular flexibility index (Phi) is 7.47. The molecule has 1 aromatic heterocycles. The van der Waals surface area contributed by atoms with Crippen molar-refractivity contribution in [2.24, 2.45) is 0 Å². The SMILES string of the molecule is CCN(CC)S(=O)(=O)c1cccc(-c2nnc(SCC(=O)NC)n2-c2ccccc2)c1. The van der Waals surface area contributed by atoms with Crippen molar-refractivity contribution >= 4 is 27.7 Å². The van der Waals surface area contributed by atoms with E-state index in [1.807, 2.05) is 48.7 Å². The molecule has 8 nitrogen and oxygen atoms in total. The van der Waals surface area contributed by atoms with Crippen molar-refractivity contribution in [3.8, 4) is 17.1 Å². The van der Waals surface area contributed by atoms with Gasteiger partial charge in [-0.1, -0.05) is 55.9 Å². The standard InChI is InChI=1S/C21H25N5O3S2/c1-4-25(5-2)31(28,29)18-13-9-10-16(14-18)20-23-24-21(30-15-19(27)22-3)26(20)17-11-7-6-8-12-17/h6-14H,4-5,15H2,1-3H3,(H,22,27). The average Bonchev–Trinajstić information content (AvgIpc) is 3.22. The summed E-state index contributed by atoms with van der Waals surface area (Å²) in [5.41, 5.74) is 1.44. The maximum Gasteiger partial charge on any atom is 0.243 e. The van der Waals surface area contributed by atoms with Gasteiger partial charge in [0.25, 0.3) is 0 Å². The predicted octanol–water partition coefficient (Wildman–Crippen LogP) is 2.80. The van der Waals surface area contributed by atoms with E-state index in [0.717, 1.165) is 5.69 Å². The van der Waals surface area contributed by atoms with Gasteiger partial charge in [0.2, 0.25) is 15.9 Å². The molecule has 2 aromatic carbocycles. The second kappa shape index (κ2) is 10.1. The van der Waals surface area contributed by atoms with Crippen LogP contribution in [0.2, 0.25) is 0 Å². The first-order valence-electron chi connectivity index (χ1n) is 9.87. The number of nitrogens with one attached hydrogen (secondary N) is 1. The molecule has 0 saturated carbocycles. The summed E-state index contributed by atoms with van der Waals surface area (Å²) in [7, 11) is -2.03. The van der Waals surface area contributed by atoms with Crippen LogP contribution >= 0.6 is 11.8 Å². The molecule has 0 saturated heterocycles. The summed E-state index contributed by atoms with van der Waals surface area (Å²) in [6.07, 6.45) is 0. The lowest BCUT2D eigenvalue weighted by molar-refractivity contribution is -0.118. The molecule has 3 rings (SSSR count). The second-order valence-corrected chi connectivity index (χ2v) is 9.44. The quantitative estimate of drug-likeness (QED) is 0.494.